The van der Waals surface area contributed by atoms with Crippen molar-refractivity contribution in [3.05, 3.63) is 35.4 Å². The molecule has 2 heterocycles. The first-order chi connectivity index (χ1) is 14.5. The molecule has 1 atom stereocenters. The van der Waals surface area contributed by atoms with Crippen LogP contribution in [0.5, 0.6) is 0 Å². The van der Waals surface area contributed by atoms with E-state index in [-0.39, 0.29) is 11.8 Å². The molecule has 0 N–H and O–H groups in total. The lowest BCUT2D eigenvalue weighted by molar-refractivity contribution is -0.150. The minimum atomic E-state index is -0.787. The van der Waals surface area contributed by atoms with E-state index in [1.165, 1.54) is 19.3 Å². The van der Waals surface area contributed by atoms with Crippen molar-refractivity contribution in [2.75, 3.05) is 32.7 Å². The number of rotatable bonds is 4. The Balaban J connectivity index is 1.58. The first-order valence-corrected chi connectivity index (χ1v) is 11.4. The molecule has 1 saturated carbocycles. The van der Waals surface area contributed by atoms with E-state index in [2.05, 4.69) is 10.8 Å². The molecular weight excluding hydrogens is 374 g/mol. The van der Waals surface area contributed by atoms with Crippen LogP contribution in [0, 0.1) is 12.3 Å². The molecule has 0 radical (unpaired) electrons. The summed E-state index contributed by atoms with van der Waals surface area (Å²) in [5.41, 5.74) is 1.05. The van der Waals surface area contributed by atoms with Gasteiger partial charge in [0.2, 0.25) is 11.8 Å². The molecule has 2 aliphatic heterocycles. The second-order valence-corrected chi connectivity index (χ2v) is 9.09. The highest BCUT2D eigenvalue weighted by atomic mass is 16.2. The molecule has 4 rings (SSSR count). The topological polar surface area (TPSA) is 43.9 Å². The fourth-order valence-corrected chi connectivity index (χ4v) is 5.48. The van der Waals surface area contributed by atoms with E-state index in [0.717, 1.165) is 50.1 Å². The summed E-state index contributed by atoms with van der Waals surface area (Å²) in [5.74, 6) is 2.79. The van der Waals surface area contributed by atoms with Crippen LogP contribution in [0.4, 0.5) is 0 Å². The molecule has 2 saturated heterocycles. The van der Waals surface area contributed by atoms with Gasteiger partial charge in [-0.05, 0) is 49.8 Å². The van der Waals surface area contributed by atoms with Gasteiger partial charge in [0, 0.05) is 57.7 Å². The van der Waals surface area contributed by atoms with Gasteiger partial charge >= 0.3 is 0 Å². The number of nitrogens with zero attached hydrogens (tertiary/aromatic N) is 3. The van der Waals surface area contributed by atoms with E-state index in [9.17, 15) is 9.59 Å². The monoisotopic (exact) mass is 407 g/mol. The Bertz CT molecular complexity index is 841. The van der Waals surface area contributed by atoms with Crippen LogP contribution in [0.15, 0.2) is 24.3 Å². The largest absolute Gasteiger partial charge is 0.339 e. The molecule has 0 bridgehead atoms. The first kappa shape index (κ1) is 20.9. The zero-order valence-electron chi connectivity index (χ0n) is 18.1. The molecular formula is C25H33N3O2. The van der Waals surface area contributed by atoms with Crippen molar-refractivity contribution in [1.82, 2.24) is 14.7 Å². The molecule has 0 spiro atoms. The number of amides is 2. The van der Waals surface area contributed by atoms with Crippen molar-refractivity contribution in [2.45, 2.75) is 63.5 Å². The third-order valence-electron chi connectivity index (χ3n) is 7.27. The summed E-state index contributed by atoms with van der Waals surface area (Å²) in [6.07, 6.45) is 12.6. The Kier molecular flexibility index (Phi) is 6.15. The predicted molar refractivity (Wildman–Crippen MR) is 118 cm³/mol. The summed E-state index contributed by atoms with van der Waals surface area (Å²) in [5, 5.41) is 0. The summed E-state index contributed by atoms with van der Waals surface area (Å²) in [4.78, 5) is 32.9. The second-order valence-electron chi connectivity index (χ2n) is 9.09. The maximum absolute atomic E-state index is 14.0. The van der Waals surface area contributed by atoms with Crippen LogP contribution in [0.1, 0.15) is 56.6 Å². The van der Waals surface area contributed by atoms with Crippen LogP contribution >= 0.6 is 0 Å². The SMILES string of the molecule is C#Cc1cccc(CC2(C(=O)N3CCCN(C4CCC4)CC3)CCCN2C(C)=O)c1. The highest BCUT2D eigenvalue weighted by Gasteiger charge is 2.50. The minimum absolute atomic E-state index is 0.0140. The quantitative estimate of drug-likeness (QED) is 0.721. The third-order valence-corrected chi connectivity index (χ3v) is 7.27. The maximum atomic E-state index is 14.0. The number of benzene rings is 1. The van der Waals surface area contributed by atoms with E-state index in [0.29, 0.717) is 25.4 Å². The predicted octanol–water partition coefficient (Wildman–Crippen LogP) is 2.68. The van der Waals surface area contributed by atoms with Crippen molar-refractivity contribution in [3.8, 4) is 12.3 Å². The lowest BCUT2D eigenvalue weighted by atomic mass is 9.85. The smallest absolute Gasteiger partial charge is 0.248 e. The lowest BCUT2D eigenvalue weighted by Gasteiger charge is -2.41. The molecule has 5 nitrogen and oxygen atoms in total. The molecule has 2 amide bonds. The van der Waals surface area contributed by atoms with Gasteiger partial charge in [-0.2, -0.15) is 0 Å². The van der Waals surface area contributed by atoms with Crippen molar-refractivity contribution < 1.29 is 9.59 Å². The molecule has 5 heteroatoms. The zero-order valence-corrected chi connectivity index (χ0v) is 18.1. The Labute approximate surface area is 180 Å². The zero-order chi connectivity index (χ0) is 21.1. The van der Waals surface area contributed by atoms with Gasteiger partial charge in [0.1, 0.15) is 5.54 Å². The van der Waals surface area contributed by atoms with E-state index in [1.54, 1.807) is 6.92 Å². The third kappa shape index (κ3) is 3.98. The average Bonchev–Trinajstić information content (AvgIpc) is 2.99. The summed E-state index contributed by atoms with van der Waals surface area (Å²) in [6, 6.07) is 8.55. The van der Waals surface area contributed by atoms with Gasteiger partial charge < -0.3 is 9.80 Å². The van der Waals surface area contributed by atoms with E-state index in [4.69, 9.17) is 6.42 Å². The first-order valence-electron chi connectivity index (χ1n) is 11.4. The van der Waals surface area contributed by atoms with Crippen molar-refractivity contribution in [1.29, 1.82) is 0 Å². The van der Waals surface area contributed by atoms with Crippen molar-refractivity contribution in [3.63, 3.8) is 0 Å². The van der Waals surface area contributed by atoms with Gasteiger partial charge in [0.05, 0.1) is 0 Å². The summed E-state index contributed by atoms with van der Waals surface area (Å²) < 4.78 is 0. The minimum Gasteiger partial charge on any atom is -0.339 e. The van der Waals surface area contributed by atoms with Gasteiger partial charge in [0.15, 0.2) is 0 Å². The van der Waals surface area contributed by atoms with Crippen molar-refractivity contribution in [2.24, 2.45) is 0 Å². The average molecular weight is 408 g/mol. The fourth-order valence-electron chi connectivity index (χ4n) is 5.48. The van der Waals surface area contributed by atoms with Gasteiger partial charge in [-0.1, -0.05) is 24.5 Å². The summed E-state index contributed by atoms with van der Waals surface area (Å²) >= 11 is 0. The van der Waals surface area contributed by atoms with Crippen LogP contribution in [0.3, 0.4) is 0 Å². The van der Waals surface area contributed by atoms with Gasteiger partial charge in [-0.3, -0.25) is 14.5 Å². The van der Waals surface area contributed by atoms with Gasteiger partial charge in [-0.15, -0.1) is 6.42 Å². The normalized spacial score (nSPS) is 25.5. The maximum Gasteiger partial charge on any atom is 0.248 e. The number of terminal acetylenes is 1. The molecule has 1 aromatic carbocycles. The van der Waals surface area contributed by atoms with Crippen LogP contribution in [-0.4, -0.2) is 70.8 Å². The molecule has 3 aliphatic rings. The van der Waals surface area contributed by atoms with Crippen molar-refractivity contribution >= 4 is 11.8 Å². The fraction of sp³-hybridized carbons (Fsp3) is 0.600. The van der Waals surface area contributed by atoms with Gasteiger partial charge in [0.25, 0.3) is 0 Å². The Hall–Kier alpha value is -2.32. The van der Waals surface area contributed by atoms with E-state index >= 15 is 0 Å². The number of carbonyl (C=O) groups is 2. The highest BCUT2D eigenvalue weighted by Crippen LogP contribution is 2.36. The van der Waals surface area contributed by atoms with E-state index < -0.39 is 5.54 Å². The second kappa shape index (κ2) is 8.81. The number of carbonyl (C=O) groups excluding carboxylic acids is 2. The molecule has 1 aliphatic carbocycles. The Morgan fingerprint density at radius 1 is 1.10 bits per heavy atom. The van der Waals surface area contributed by atoms with Crippen LogP contribution in [-0.2, 0) is 16.0 Å². The number of hydrogen-bond donors (Lipinski definition) is 0. The Morgan fingerprint density at radius 2 is 1.93 bits per heavy atom. The molecule has 30 heavy (non-hydrogen) atoms. The standard InChI is InChI=1S/C25H33N3O2/c1-3-21-8-4-9-22(18-21)19-25(12-6-15-28(25)20(2)29)24(30)27-14-7-13-26(16-17-27)23-10-5-11-23/h1,4,8-9,18,23H,5-7,10-17,19H2,2H3. The summed E-state index contributed by atoms with van der Waals surface area (Å²) in [6.45, 7) is 5.79. The molecule has 0 aromatic heterocycles. The number of hydrogen-bond acceptors (Lipinski definition) is 3. The lowest BCUT2D eigenvalue weighted by Crippen LogP contribution is -2.59. The van der Waals surface area contributed by atoms with Gasteiger partial charge in [-0.25, -0.2) is 0 Å². The number of likely N-dealkylation sites (tertiary alicyclic amines) is 1. The molecule has 160 valence electrons. The molecule has 1 aromatic rings. The van der Waals surface area contributed by atoms with Crippen LogP contribution < -0.4 is 0 Å². The van der Waals surface area contributed by atoms with Crippen LogP contribution in [0.2, 0.25) is 0 Å². The Morgan fingerprint density at radius 3 is 2.63 bits per heavy atom. The molecule has 1 unspecified atom stereocenters. The summed E-state index contributed by atoms with van der Waals surface area (Å²) in [7, 11) is 0. The molecule has 3 fully saturated rings. The van der Waals surface area contributed by atoms with Crippen LogP contribution in [0.25, 0.3) is 0 Å². The van der Waals surface area contributed by atoms with E-state index in [1.807, 2.05) is 34.1 Å². The highest BCUT2D eigenvalue weighted by molar-refractivity contribution is 5.92.